The smallest absolute Gasteiger partial charge is 0.170 e. The van der Waals surface area contributed by atoms with Crippen LogP contribution in [0.15, 0.2) is 18.2 Å². The molecule has 1 spiro atoms. The molecule has 1 saturated heterocycles. The lowest BCUT2D eigenvalue weighted by atomic mass is 9.82. The molecule has 3 nitrogen and oxygen atoms in total. The number of carbonyl (C=O) groups is 1. The summed E-state index contributed by atoms with van der Waals surface area (Å²) in [5.74, 6) is 0.167. The zero-order chi connectivity index (χ0) is 13.5. The Kier molecular flexibility index (Phi) is 3.05. The van der Waals surface area contributed by atoms with Gasteiger partial charge in [-0.25, -0.2) is 4.39 Å². The van der Waals surface area contributed by atoms with Gasteiger partial charge in [-0.1, -0.05) is 6.92 Å². The number of hydrogen-bond acceptors (Lipinski definition) is 3. The van der Waals surface area contributed by atoms with Gasteiger partial charge in [-0.3, -0.25) is 4.79 Å². The molecule has 0 bridgehead atoms. The third-order valence-electron chi connectivity index (χ3n) is 4.27. The molecule has 2 aliphatic heterocycles. The number of ketones is 1. The minimum Gasteiger partial charge on any atom is -0.486 e. The first kappa shape index (κ1) is 12.6. The quantitative estimate of drug-likeness (QED) is 0.780. The van der Waals surface area contributed by atoms with Gasteiger partial charge in [-0.2, -0.15) is 0 Å². The van der Waals surface area contributed by atoms with Gasteiger partial charge in [-0.15, -0.1) is 0 Å². The fraction of sp³-hybridized carbons (Fsp3) is 0.533. The van der Waals surface area contributed by atoms with E-state index in [9.17, 15) is 9.18 Å². The summed E-state index contributed by atoms with van der Waals surface area (Å²) in [6, 6.07) is 4.22. The van der Waals surface area contributed by atoms with E-state index in [2.05, 4.69) is 11.8 Å². The first-order valence-corrected chi connectivity index (χ1v) is 6.86. The van der Waals surface area contributed by atoms with Crippen LogP contribution in [-0.4, -0.2) is 35.9 Å². The van der Waals surface area contributed by atoms with E-state index in [0.717, 1.165) is 32.5 Å². The molecule has 4 heteroatoms. The topological polar surface area (TPSA) is 29.5 Å². The zero-order valence-corrected chi connectivity index (χ0v) is 11.1. The first-order valence-electron chi connectivity index (χ1n) is 6.86. The normalized spacial score (nSPS) is 22.1. The number of likely N-dealkylation sites (tertiary alicyclic amines) is 1. The lowest BCUT2D eigenvalue weighted by Crippen LogP contribution is -2.50. The summed E-state index contributed by atoms with van der Waals surface area (Å²) in [6.07, 6.45) is 2.10. The Morgan fingerprint density at radius 2 is 2.11 bits per heavy atom. The highest BCUT2D eigenvalue weighted by Gasteiger charge is 2.42. The van der Waals surface area contributed by atoms with Gasteiger partial charge in [0.2, 0.25) is 0 Å². The van der Waals surface area contributed by atoms with Gasteiger partial charge in [0.15, 0.2) is 5.78 Å². The highest BCUT2D eigenvalue weighted by Crippen LogP contribution is 2.39. The van der Waals surface area contributed by atoms with Gasteiger partial charge in [0, 0.05) is 25.9 Å². The van der Waals surface area contributed by atoms with Gasteiger partial charge in [-0.05, 0) is 24.7 Å². The predicted octanol–water partition coefficient (Wildman–Crippen LogP) is 2.65. The van der Waals surface area contributed by atoms with E-state index in [-0.39, 0.29) is 17.2 Å². The molecule has 0 radical (unpaired) electrons. The molecule has 0 aromatic heterocycles. The minimum absolute atomic E-state index is 0.00528. The van der Waals surface area contributed by atoms with Crippen molar-refractivity contribution < 1.29 is 13.9 Å². The van der Waals surface area contributed by atoms with E-state index in [1.165, 1.54) is 12.1 Å². The Morgan fingerprint density at radius 1 is 1.37 bits per heavy atom. The summed E-state index contributed by atoms with van der Waals surface area (Å²) in [4.78, 5) is 14.6. The Morgan fingerprint density at radius 3 is 2.79 bits per heavy atom. The number of fused-ring (bicyclic) bond motifs is 1. The van der Waals surface area contributed by atoms with Gasteiger partial charge >= 0.3 is 0 Å². The van der Waals surface area contributed by atoms with Crippen molar-refractivity contribution in [3.8, 4) is 5.75 Å². The Labute approximate surface area is 112 Å². The number of halogens is 1. The molecule has 1 aromatic carbocycles. The van der Waals surface area contributed by atoms with E-state index in [0.29, 0.717) is 17.7 Å². The monoisotopic (exact) mass is 263 g/mol. The van der Waals surface area contributed by atoms with Crippen LogP contribution in [0.4, 0.5) is 4.39 Å². The predicted molar refractivity (Wildman–Crippen MR) is 70.1 cm³/mol. The molecule has 2 heterocycles. The molecule has 0 aliphatic carbocycles. The van der Waals surface area contributed by atoms with E-state index in [1.54, 1.807) is 6.07 Å². The maximum absolute atomic E-state index is 13.2. The largest absolute Gasteiger partial charge is 0.486 e. The number of benzene rings is 1. The number of rotatable bonds is 1. The van der Waals surface area contributed by atoms with E-state index >= 15 is 0 Å². The van der Waals surface area contributed by atoms with E-state index in [4.69, 9.17) is 4.74 Å². The summed E-state index contributed by atoms with van der Waals surface area (Å²) in [7, 11) is 0. The number of piperidine rings is 1. The number of carbonyl (C=O) groups excluding carboxylic acids is 1. The van der Waals surface area contributed by atoms with Crippen LogP contribution in [-0.2, 0) is 0 Å². The Bertz CT molecular complexity index is 507. The second-order valence-electron chi connectivity index (χ2n) is 5.46. The van der Waals surface area contributed by atoms with Crippen molar-refractivity contribution in [1.29, 1.82) is 0 Å². The second kappa shape index (κ2) is 4.60. The fourth-order valence-corrected chi connectivity index (χ4v) is 3.02. The molecule has 0 atom stereocenters. The minimum atomic E-state index is -0.382. The van der Waals surface area contributed by atoms with Gasteiger partial charge in [0.1, 0.15) is 17.2 Å². The average molecular weight is 263 g/mol. The Hall–Kier alpha value is -1.42. The van der Waals surface area contributed by atoms with Gasteiger partial charge in [0.25, 0.3) is 0 Å². The average Bonchev–Trinajstić information content (AvgIpc) is 2.41. The van der Waals surface area contributed by atoms with Crippen molar-refractivity contribution in [1.82, 2.24) is 4.90 Å². The van der Waals surface area contributed by atoms with Crippen LogP contribution < -0.4 is 4.74 Å². The Balaban J connectivity index is 1.85. The molecule has 1 aromatic rings. The summed E-state index contributed by atoms with van der Waals surface area (Å²) >= 11 is 0. The molecule has 0 N–H and O–H groups in total. The fourth-order valence-electron chi connectivity index (χ4n) is 3.02. The maximum atomic E-state index is 13.2. The highest BCUT2D eigenvalue weighted by molar-refractivity contribution is 6.00. The van der Waals surface area contributed by atoms with Crippen molar-refractivity contribution in [3.05, 3.63) is 29.6 Å². The van der Waals surface area contributed by atoms with Gasteiger partial charge < -0.3 is 9.64 Å². The van der Waals surface area contributed by atoms with Crippen LogP contribution in [0.5, 0.6) is 5.75 Å². The molecule has 0 saturated carbocycles. The van der Waals surface area contributed by atoms with Crippen molar-refractivity contribution in [2.24, 2.45) is 0 Å². The molecule has 19 heavy (non-hydrogen) atoms. The van der Waals surface area contributed by atoms with E-state index in [1.807, 2.05) is 0 Å². The summed E-state index contributed by atoms with van der Waals surface area (Å²) in [5, 5.41) is 0. The van der Waals surface area contributed by atoms with Crippen LogP contribution in [0, 0.1) is 5.82 Å². The standard InChI is InChI=1S/C15H18FNO2/c1-2-17-7-5-15(6-8-17)10-13(18)12-9-11(16)3-4-14(12)19-15/h3-4,9H,2,5-8,10H2,1H3. The summed E-state index contributed by atoms with van der Waals surface area (Å²) in [5.41, 5.74) is 0.0247. The van der Waals surface area contributed by atoms with Crippen molar-refractivity contribution in [2.75, 3.05) is 19.6 Å². The molecule has 102 valence electrons. The molecule has 0 amide bonds. The van der Waals surface area contributed by atoms with Crippen molar-refractivity contribution in [3.63, 3.8) is 0 Å². The molecule has 1 fully saturated rings. The van der Waals surface area contributed by atoms with Crippen molar-refractivity contribution in [2.45, 2.75) is 31.8 Å². The van der Waals surface area contributed by atoms with Crippen LogP contribution in [0.3, 0.4) is 0 Å². The van der Waals surface area contributed by atoms with Gasteiger partial charge in [0.05, 0.1) is 12.0 Å². The number of Topliss-reactive ketones (excluding diaryl/α,β-unsaturated/α-hetero) is 1. The lowest BCUT2D eigenvalue weighted by molar-refractivity contribution is -0.00790. The van der Waals surface area contributed by atoms with E-state index < -0.39 is 0 Å². The lowest BCUT2D eigenvalue weighted by Gasteiger charge is -2.43. The summed E-state index contributed by atoms with van der Waals surface area (Å²) in [6.45, 7) is 5.09. The molecular formula is C15H18FNO2. The first-order chi connectivity index (χ1) is 9.12. The summed E-state index contributed by atoms with van der Waals surface area (Å²) < 4.78 is 19.2. The number of nitrogens with zero attached hydrogens (tertiary/aromatic N) is 1. The van der Waals surface area contributed by atoms with Crippen LogP contribution in [0.25, 0.3) is 0 Å². The molecular weight excluding hydrogens is 245 g/mol. The number of hydrogen-bond donors (Lipinski definition) is 0. The molecule has 3 rings (SSSR count). The van der Waals surface area contributed by atoms with Crippen LogP contribution >= 0.6 is 0 Å². The second-order valence-corrected chi connectivity index (χ2v) is 5.46. The van der Waals surface area contributed by atoms with Crippen LogP contribution in [0.2, 0.25) is 0 Å². The maximum Gasteiger partial charge on any atom is 0.170 e. The third kappa shape index (κ3) is 2.25. The molecule has 2 aliphatic rings. The van der Waals surface area contributed by atoms with Crippen LogP contribution in [0.1, 0.15) is 36.5 Å². The number of ether oxygens (including phenoxy) is 1. The van der Waals surface area contributed by atoms with Crippen molar-refractivity contribution >= 4 is 5.78 Å². The third-order valence-corrected chi connectivity index (χ3v) is 4.27. The SMILES string of the molecule is CCN1CCC2(CC1)CC(=O)c1cc(F)ccc1O2. The highest BCUT2D eigenvalue weighted by atomic mass is 19.1. The molecule has 0 unspecified atom stereocenters. The zero-order valence-electron chi connectivity index (χ0n) is 11.1.